The van der Waals surface area contributed by atoms with Gasteiger partial charge in [-0.3, -0.25) is 0 Å². The third kappa shape index (κ3) is 2.89. The zero-order valence-corrected chi connectivity index (χ0v) is 10.7. The summed E-state index contributed by atoms with van der Waals surface area (Å²) in [4.78, 5) is 0. The summed E-state index contributed by atoms with van der Waals surface area (Å²) in [5.74, 6) is -2.07. The molecule has 0 aliphatic carbocycles. The Hall–Kier alpha value is -1.97. The molecule has 0 aromatic heterocycles. The van der Waals surface area contributed by atoms with Gasteiger partial charge in [0.1, 0.15) is 5.82 Å². The lowest BCUT2D eigenvalue weighted by atomic mass is 10.1. The van der Waals surface area contributed by atoms with Crippen molar-refractivity contribution in [2.45, 2.75) is 19.9 Å². The molecule has 1 nitrogen and oxygen atoms in total. The van der Waals surface area contributed by atoms with Gasteiger partial charge >= 0.3 is 0 Å². The minimum absolute atomic E-state index is 0.254. The molecular formula is C15H14F3N. The summed E-state index contributed by atoms with van der Waals surface area (Å²) in [6.45, 7) is 3.46. The Bertz CT molecular complexity index is 596. The van der Waals surface area contributed by atoms with Crippen LogP contribution in [0.2, 0.25) is 0 Å². The van der Waals surface area contributed by atoms with Crippen LogP contribution in [0.15, 0.2) is 36.4 Å². The Morgan fingerprint density at radius 2 is 1.68 bits per heavy atom. The highest BCUT2D eigenvalue weighted by Crippen LogP contribution is 2.24. The zero-order chi connectivity index (χ0) is 14.0. The molecule has 100 valence electrons. The van der Waals surface area contributed by atoms with Crippen molar-refractivity contribution >= 4 is 5.69 Å². The molecule has 0 spiro atoms. The standard InChI is InChI=1S/C15H14F3N/c1-9-12(16)4-3-5-15(9)19-10(2)11-6-7-13(17)14(18)8-11/h3-8,10,19H,1-2H3. The van der Waals surface area contributed by atoms with Gasteiger partial charge in [-0.1, -0.05) is 12.1 Å². The van der Waals surface area contributed by atoms with Gasteiger partial charge in [-0.25, -0.2) is 13.2 Å². The molecule has 1 N–H and O–H groups in total. The molecule has 4 heteroatoms. The second kappa shape index (κ2) is 5.34. The molecule has 0 aliphatic rings. The van der Waals surface area contributed by atoms with Crippen LogP contribution in [0.3, 0.4) is 0 Å². The van der Waals surface area contributed by atoms with Gasteiger partial charge < -0.3 is 5.32 Å². The molecular weight excluding hydrogens is 251 g/mol. The van der Waals surface area contributed by atoms with Gasteiger partial charge in [-0.2, -0.15) is 0 Å². The van der Waals surface area contributed by atoms with E-state index in [4.69, 9.17) is 0 Å². The summed E-state index contributed by atoms with van der Waals surface area (Å²) < 4.78 is 39.4. The lowest BCUT2D eigenvalue weighted by Crippen LogP contribution is -2.08. The van der Waals surface area contributed by atoms with Crippen LogP contribution >= 0.6 is 0 Å². The monoisotopic (exact) mass is 265 g/mol. The molecule has 0 radical (unpaired) electrons. The number of rotatable bonds is 3. The van der Waals surface area contributed by atoms with E-state index < -0.39 is 11.6 Å². The molecule has 19 heavy (non-hydrogen) atoms. The molecule has 2 rings (SSSR count). The minimum Gasteiger partial charge on any atom is -0.378 e. The molecule has 0 bridgehead atoms. The Labute approximate surface area is 110 Å². The van der Waals surface area contributed by atoms with Gasteiger partial charge in [-0.15, -0.1) is 0 Å². The van der Waals surface area contributed by atoms with Crippen LogP contribution in [0, 0.1) is 24.4 Å². The third-order valence-corrected chi connectivity index (χ3v) is 3.08. The highest BCUT2D eigenvalue weighted by atomic mass is 19.2. The quantitative estimate of drug-likeness (QED) is 0.856. The van der Waals surface area contributed by atoms with E-state index in [9.17, 15) is 13.2 Å². The first kappa shape index (κ1) is 13.5. The summed E-state index contributed by atoms with van der Waals surface area (Å²) in [6.07, 6.45) is 0. The number of halogens is 3. The van der Waals surface area contributed by atoms with Crippen LogP contribution in [0.5, 0.6) is 0 Å². The first-order valence-electron chi connectivity index (χ1n) is 5.95. The van der Waals surface area contributed by atoms with Crippen molar-refractivity contribution in [2.75, 3.05) is 5.32 Å². The highest BCUT2D eigenvalue weighted by molar-refractivity contribution is 5.52. The van der Waals surface area contributed by atoms with Crippen molar-refractivity contribution < 1.29 is 13.2 Å². The minimum atomic E-state index is -0.887. The summed E-state index contributed by atoms with van der Waals surface area (Å²) in [7, 11) is 0. The van der Waals surface area contributed by atoms with Crippen LogP contribution in [-0.2, 0) is 0 Å². The smallest absolute Gasteiger partial charge is 0.159 e. The molecule has 2 aromatic carbocycles. The van der Waals surface area contributed by atoms with Crippen LogP contribution in [0.1, 0.15) is 24.1 Å². The first-order valence-corrected chi connectivity index (χ1v) is 5.95. The maximum atomic E-state index is 13.4. The SMILES string of the molecule is Cc1c(F)cccc1NC(C)c1ccc(F)c(F)c1. The number of anilines is 1. The van der Waals surface area contributed by atoms with Crippen molar-refractivity contribution in [2.24, 2.45) is 0 Å². The third-order valence-electron chi connectivity index (χ3n) is 3.08. The first-order chi connectivity index (χ1) is 8.99. The average molecular weight is 265 g/mol. The van der Waals surface area contributed by atoms with Crippen molar-refractivity contribution in [3.05, 3.63) is 65.0 Å². The Kier molecular flexibility index (Phi) is 3.79. The van der Waals surface area contributed by atoms with Crippen molar-refractivity contribution in [3.63, 3.8) is 0 Å². The van der Waals surface area contributed by atoms with Gasteiger partial charge in [-0.05, 0) is 43.7 Å². The molecule has 1 atom stereocenters. The van der Waals surface area contributed by atoms with Crippen LogP contribution in [-0.4, -0.2) is 0 Å². The molecule has 0 saturated carbocycles. The van der Waals surface area contributed by atoms with Crippen LogP contribution < -0.4 is 5.32 Å². The lowest BCUT2D eigenvalue weighted by Gasteiger charge is -2.17. The molecule has 0 amide bonds. The van der Waals surface area contributed by atoms with E-state index in [0.29, 0.717) is 16.8 Å². The molecule has 0 aliphatic heterocycles. The molecule has 0 saturated heterocycles. The van der Waals surface area contributed by atoms with E-state index in [2.05, 4.69) is 5.32 Å². The fourth-order valence-corrected chi connectivity index (χ4v) is 1.86. The van der Waals surface area contributed by atoms with Crippen LogP contribution in [0.25, 0.3) is 0 Å². The fraction of sp³-hybridized carbons (Fsp3) is 0.200. The topological polar surface area (TPSA) is 12.0 Å². The van der Waals surface area contributed by atoms with Gasteiger partial charge in [0, 0.05) is 17.3 Å². The fourth-order valence-electron chi connectivity index (χ4n) is 1.86. The molecule has 1 unspecified atom stereocenters. The summed E-state index contributed by atoms with van der Waals surface area (Å²) in [5, 5.41) is 3.08. The van der Waals surface area contributed by atoms with E-state index in [1.54, 1.807) is 26.0 Å². The van der Waals surface area contributed by atoms with Crippen molar-refractivity contribution in [1.29, 1.82) is 0 Å². The predicted molar refractivity (Wildman–Crippen MR) is 69.5 cm³/mol. The van der Waals surface area contributed by atoms with E-state index in [1.807, 2.05) is 0 Å². The maximum absolute atomic E-state index is 13.4. The highest BCUT2D eigenvalue weighted by Gasteiger charge is 2.11. The van der Waals surface area contributed by atoms with Crippen LogP contribution in [0.4, 0.5) is 18.9 Å². The van der Waals surface area contributed by atoms with Gasteiger partial charge in [0.2, 0.25) is 0 Å². The normalized spacial score (nSPS) is 12.3. The second-order valence-corrected chi connectivity index (χ2v) is 4.45. The average Bonchev–Trinajstić information content (AvgIpc) is 2.38. The van der Waals surface area contributed by atoms with Gasteiger partial charge in [0.15, 0.2) is 11.6 Å². The molecule has 2 aromatic rings. The second-order valence-electron chi connectivity index (χ2n) is 4.45. The Morgan fingerprint density at radius 3 is 2.37 bits per heavy atom. The van der Waals surface area contributed by atoms with Crippen molar-refractivity contribution in [1.82, 2.24) is 0 Å². The Balaban J connectivity index is 2.23. The van der Waals surface area contributed by atoms with Crippen molar-refractivity contribution in [3.8, 4) is 0 Å². The van der Waals surface area contributed by atoms with E-state index in [-0.39, 0.29) is 11.9 Å². The summed E-state index contributed by atoms with van der Waals surface area (Å²) in [6, 6.07) is 8.20. The number of hydrogen-bond donors (Lipinski definition) is 1. The largest absolute Gasteiger partial charge is 0.378 e. The van der Waals surface area contributed by atoms with Gasteiger partial charge in [0.05, 0.1) is 0 Å². The summed E-state index contributed by atoms with van der Waals surface area (Å²) >= 11 is 0. The Morgan fingerprint density at radius 1 is 0.947 bits per heavy atom. The van der Waals surface area contributed by atoms with Gasteiger partial charge in [0.25, 0.3) is 0 Å². The van der Waals surface area contributed by atoms with E-state index >= 15 is 0 Å². The predicted octanol–water partition coefficient (Wildman–Crippen LogP) is 4.59. The number of hydrogen-bond acceptors (Lipinski definition) is 1. The summed E-state index contributed by atoms with van der Waals surface area (Å²) in [5.41, 5.74) is 1.73. The van der Waals surface area contributed by atoms with E-state index in [0.717, 1.165) is 12.1 Å². The van der Waals surface area contributed by atoms with E-state index in [1.165, 1.54) is 12.1 Å². The molecule has 0 heterocycles. The maximum Gasteiger partial charge on any atom is 0.159 e. The zero-order valence-electron chi connectivity index (χ0n) is 10.7. The molecule has 0 fully saturated rings. The lowest BCUT2D eigenvalue weighted by molar-refractivity contribution is 0.506. The number of benzene rings is 2. The number of nitrogens with one attached hydrogen (secondary N) is 1.